The number of carbonyl (C=O) groups excluding carboxylic acids is 1. The first-order chi connectivity index (χ1) is 7.23. The summed E-state index contributed by atoms with van der Waals surface area (Å²) >= 11 is 0. The number of nitrogens with zero attached hydrogens (tertiary/aromatic N) is 2. The topological polar surface area (TPSA) is 23.6 Å². The molecule has 1 rings (SSSR count). The van der Waals surface area contributed by atoms with E-state index in [1.165, 1.54) is 0 Å². The standard InChI is InChI=1S/C13H26N2O/c1-10(2)12(16)15-8-7-14(9-11(15)3)13(4,5)6/h10-11H,7-9H2,1-6H3/t11-/m0/s1. The van der Waals surface area contributed by atoms with Crippen LogP contribution in [0.3, 0.4) is 0 Å². The fourth-order valence-electron chi connectivity index (χ4n) is 2.23. The molecule has 1 amide bonds. The lowest BCUT2D eigenvalue weighted by Crippen LogP contribution is -2.59. The van der Waals surface area contributed by atoms with Gasteiger partial charge < -0.3 is 4.90 Å². The van der Waals surface area contributed by atoms with Crippen LogP contribution in [0.2, 0.25) is 0 Å². The molecule has 3 heteroatoms. The summed E-state index contributed by atoms with van der Waals surface area (Å²) in [6, 6.07) is 0.336. The van der Waals surface area contributed by atoms with Crippen LogP contribution in [-0.2, 0) is 4.79 Å². The van der Waals surface area contributed by atoms with Crippen molar-refractivity contribution in [2.45, 2.75) is 53.1 Å². The van der Waals surface area contributed by atoms with Gasteiger partial charge in [0, 0.05) is 37.1 Å². The summed E-state index contributed by atoms with van der Waals surface area (Å²) in [5.41, 5.74) is 0.210. The molecular weight excluding hydrogens is 200 g/mol. The molecule has 0 saturated carbocycles. The Morgan fingerprint density at radius 3 is 2.19 bits per heavy atom. The molecule has 94 valence electrons. The summed E-state index contributed by atoms with van der Waals surface area (Å²) in [5, 5.41) is 0. The molecule has 1 aliphatic rings. The van der Waals surface area contributed by atoms with Crippen LogP contribution in [0.4, 0.5) is 0 Å². The molecule has 1 heterocycles. The Hall–Kier alpha value is -0.570. The number of carbonyl (C=O) groups is 1. The predicted octanol–water partition coefficient (Wildman–Crippen LogP) is 1.97. The van der Waals surface area contributed by atoms with E-state index in [2.05, 4.69) is 32.6 Å². The monoisotopic (exact) mass is 226 g/mol. The molecule has 1 aliphatic heterocycles. The van der Waals surface area contributed by atoms with E-state index in [4.69, 9.17) is 0 Å². The lowest BCUT2D eigenvalue weighted by molar-refractivity contribution is -0.140. The summed E-state index contributed by atoms with van der Waals surface area (Å²) < 4.78 is 0. The zero-order valence-corrected chi connectivity index (χ0v) is 11.6. The fourth-order valence-corrected chi connectivity index (χ4v) is 2.23. The van der Waals surface area contributed by atoms with Crippen molar-refractivity contribution in [2.24, 2.45) is 5.92 Å². The van der Waals surface area contributed by atoms with Crippen molar-refractivity contribution < 1.29 is 4.79 Å². The SMILES string of the molecule is CC(C)C(=O)N1CCN(C(C)(C)C)C[C@@H]1C. The van der Waals surface area contributed by atoms with Crippen molar-refractivity contribution in [3.8, 4) is 0 Å². The van der Waals surface area contributed by atoms with E-state index in [0.29, 0.717) is 11.9 Å². The van der Waals surface area contributed by atoms with E-state index in [1.807, 2.05) is 18.7 Å². The maximum absolute atomic E-state index is 12.0. The predicted molar refractivity (Wildman–Crippen MR) is 67.3 cm³/mol. The first kappa shape index (κ1) is 13.5. The Morgan fingerprint density at radius 2 is 1.81 bits per heavy atom. The van der Waals surface area contributed by atoms with Crippen LogP contribution in [0.1, 0.15) is 41.5 Å². The van der Waals surface area contributed by atoms with E-state index >= 15 is 0 Å². The van der Waals surface area contributed by atoms with Crippen molar-refractivity contribution >= 4 is 5.91 Å². The number of rotatable bonds is 1. The summed E-state index contributed by atoms with van der Waals surface area (Å²) in [4.78, 5) is 16.5. The fraction of sp³-hybridized carbons (Fsp3) is 0.923. The first-order valence-corrected chi connectivity index (χ1v) is 6.29. The van der Waals surface area contributed by atoms with Gasteiger partial charge in [-0.25, -0.2) is 0 Å². The van der Waals surface area contributed by atoms with Gasteiger partial charge in [-0.15, -0.1) is 0 Å². The van der Waals surface area contributed by atoms with Crippen LogP contribution in [0, 0.1) is 5.92 Å². The third-order valence-corrected chi connectivity index (χ3v) is 3.35. The van der Waals surface area contributed by atoms with E-state index in [-0.39, 0.29) is 11.5 Å². The Morgan fingerprint density at radius 1 is 1.25 bits per heavy atom. The molecule has 16 heavy (non-hydrogen) atoms. The molecule has 0 spiro atoms. The summed E-state index contributed by atoms with van der Waals surface area (Å²) in [5.74, 6) is 0.407. The lowest BCUT2D eigenvalue weighted by Gasteiger charge is -2.46. The Kier molecular flexibility index (Phi) is 4.00. The van der Waals surface area contributed by atoms with Gasteiger partial charge in [-0.3, -0.25) is 9.69 Å². The second-order valence-electron chi connectivity index (χ2n) is 6.15. The van der Waals surface area contributed by atoms with Gasteiger partial charge >= 0.3 is 0 Å². The minimum Gasteiger partial charge on any atom is -0.337 e. The van der Waals surface area contributed by atoms with Crippen molar-refractivity contribution in [3.63, 3.8) is 0 Å². The smallest absolute Gasteiger partial charge is 0.225 e. The molecule has 0 bridgehead atoms. The second kappa shape index (κ2) is 4.74. The number of piperazine rings is 1. The van der Waals surface area contributed by atoms with Crippen LogP contribution in [-0.4, -0.2) is 46.9 Å². The molecule has 3 nitrogen and oxygen atoms in total. The second-order valence-corrected chi connectivity index (χ2v) is 6.15. The van der Waals surface area contributed by atoms with E-state index < -0.39 is 0 Å². The minimum atomic E-state index is 0.114. The zero-order valence-electron chi connectivity index (χ0n) is 11.6. The maximum atomic E-state index is 12.0. The number of hydrogen-bond donors (Lipinski definition) is 0. The number of amides is 1. The van der Waals surface area contributed by atoms with Crippen molar-refractivity contribution in [1.29, 1.82) is 0 Å². The average molecular weight is 226 g/mol. The normalized spacial score (nSPS) is 23.9. The van der Waals surface area contributed by atoms with E-state index in [0.717, 1.165) is 19.6 Å². The highest BCUT2D eigenvalue weighted by Gasteiger charge is 2.32. The van der Waals surface area contributed by atoms with E-state index in [1.54, 1.807) is 0 Å². The third-order valence-electron chi connectivity index (χ3n) is 3.35. The highest BCUT2D eigenvalue weighted by Crippen LogP contribution is 2.20. The Balaban J connectivity index is 2.63. The summed E-state index contributed by atoms with van der Waals surface area (Å²) in [6.07, 6.45) is 0. The molecule has 0 aliphatic carbocycles. The van der Waals surface area contributed by atoms with Crippen molar-refractivity contribution in [3.05, 3.63) is 0 Å². The maximum Gasteiger partial charge on any atom is 0.225 e. The quantitative estimate of drug-likeness (QED) is 0.682. The molecule has 0 N–H and O–H groups in total. The van der Waals surface area contributed by atoms with Crippen LogP contribution >= 0.6 is 0 Å². The largest absolute Gasteiger partial charge is 0.337 e. The molecule has 0 aromatic carbocycles. The Bertz CT molecular complexity index is 255. The van der Waals surface area contributed by atoms with Gasteiger partial charge in [-0.05, 0) is 27.7 Å². The van der Waals surface area contributed by atoms with Crippen LogP contribution < -0.4 is 0 Å². The van der Waals surface area contributed by atoms with Gasteiger partial charge in [-0.2, -0.15) is 0 Å². The molecule has 0 radical (unpaired) electrons. The van der Waals surface area contributed by atoms with E-state index in [9.17, 15) is 4.79 Å². The minimum absolute atomic E-state index is 0.114. The summed E-state index contributed by atoms with van der Waals surface area (Å²) in [6.45, 7) is 15.7. The Labute approximate surface area is 99.8 Å². The average Bonchev–Trinajstić information content (AvgIpc) is 2.15. The molecule has 1 atom stereocenters. The van der Waals surface area contributed by atoms with Crippen LogP contribution in [0.25, 0.3) is 0 Å². The molecule has 0 unspecified atom stereocenters. The molecule has 1 fully saturated rings. The highest BCUT2D eigenvalue weighted by atomic mass is 16.2. The first-order valence-electron chi connectivity index (χ1n) is 6.29. The molecule has 0 aromatic rings. The van der Waals surface area contributed by atoms with Crippen LogP contribution in [0.15, 0.2) is 0 Å². The van der Waals surface area contributed by atoms with Gasteiger partial charge in [0.2, 0.25) is 5.91 Å². The number of hydrogen-bond acceptors (Lipinski definition) is 2. The zero-order chi connectivity index (χ0) is 12.5. The van der Waals surface area contributed by atoms with Gasteiger partial charge in [0.15, 0.2) is 0 Å². The van der Waals surface area contributed by atoms with Crippen molar-refractivity contribution in [1.82, 2.24) is 9.80 Å². The highest BCUT2D eigenvalue weighted by molar-refractivity contribution is 5.78. The summed E-state index contributed by atoms with van der Waals surface area (Å²) in [7, 11) is 0. The van der Waals surface area contributed by atoms with Crippen molar-refractivity contribution in [2.75, 3.05) is 19.6 Å². The van der Waals surface area contributed by atoms with Gasteiger partial charge in [0.25, 0.3) is 0 Å². The molecule has 0 aromatic heterocycles. The third kappa shape index (κ3) is 2.97. The van der Waals surface area contributed by atoms with Gasteiger partial charge in [0.1, 0.15) is 0 Å². The molecule has 1 saturated heterocycles. The van der Waals surface area contributed by atoms with Crippen LogP contribution in [0.5, 0.6) is 0 Å². The van der Waals surface area contributed by atoms with Gasteiger partial charge in [0.05, 0.1) is 0 Å². The molecular formula is C13H26N2O. The lowest BCUT2D eigenvalue weighted by atomic mass is 10.0. The van der Waals surface area contributed by atoms with Gasteiger partial charge in [-0.1, -0.05) is 13.8 Å².